The molecule has 60 valence electrons. The summed E-state index contributed by atoms with van der Waals surface area (Å²) in [5.74, 6) is 0. The molecule has 1 fully saturated rings. The van der Waals surface area contributed by atoms with Crippen LogP contribution >= 0.6 is 0 Å². The predicted molar refractivity (Wildman–Crippen MR) is 43.9 cm³/mol. The zero-order chi connectivity index (χ0) is 7.83. The maximum Gasteiger partial charge on any atom is 0.0462 e. The standard InChI is InChI=1S/C8H18N2/c1-7(2)5-8(3,4)10-6-9-7/h9-10H,5-6H2,1-4H3. The van der Waals surface area contributed by atoms with Crippen LogP contribution in [0.4, 0.5) is 0 Å². The maximum absolute atomic E-state index is 3.40. The summed E-state index contributed by atoms with van der Waals surface area (Å²) < 4.78 is 0. The van der Waals surface area contributed by atoms with Gasteiger partial charge in [-0.3, -0.25) is 10.6 Å². The fourth-order valence-corrected chi connectivity index (χ4v) is 1.75. The number of hydrogen-bond donors (Lipinski definition) is 2. The third-order valence-corrected chi connectivity index (χ3v) is 2.02. The molecule has 0 aromatic rings. The van der Waals surface area contributed by atoms with E-state index in [-0.39, 0.29) is 0 Å². The second-order valence-corrected chi connectivity index (χ2v) is 4.47. The molecule has 0 saturated carbocycles. The zero-order valence-corrected chi connectivity index (χ0v) is 7.41. The van der Waals surface area contributed by atoms with Crippen LogP contribution in [-0.2, 0) is 0 Å². The van der Waals surface area contributed by atoms with Crippen LogP contribution in [0.3, 0.4) is 0 Å². The minimum atomic E-state index is 0.300. The zero-order valence-electron chi connectivity index (χ0n) is 7.41. The highest BCUT2D eigenvalue weighted by Crippen LogP contribution is 2.22. The first kappa shape index (κ1) is 8.02. The summed E-state index contributed by atoms with van der Waals surface area (Å²) in [6, 6.07) is 0. The van der Waals surface area contributed by atoms with Gasteiger partial charge < -0.3 is 0 Å². The van der Waals surface area contributed by atoms with Crippen molar-refractivity contribution in [2.24, 2.45) is 0 Å². The van der Waals surface area contributed by atoms with E-state index in [1.165, 1.54) is 6.42 Å². The van der Waals surface area contributed by atoms with Crippen molar-refractivity contribution in [2.45, 2.75) is 45.2 Å². The molecule has 0 aliphatic carbocycles. The first-order valence-corrected chi connectivity index (χ1v) is 3.91. The van der Waals surface area contributed by atoms with Crippen molar-refractivity contribution in [3.05, 3.63) is 0 Å². The Bertz CT molecular complexity index is 113. The van der Waals surface area contributed by atoms with Gasteiger partial charge in [0.05, 0.1) is 0 Å². The number of nitrogens with one attached hydrogen (secondary N) is 2. The summed E-state index contributed by atoms with van der Waals surface area (Å²) in [6.45, 7) is 9.91. The molecular formula is C8H18N2. The first-order chi connectivity index (χ1) is 4.41. The highest BCUT2D eigenvalue weighted by atomic mass is 15.2. The topological polar surface area (TPSA) is 24.1 Å². The van der Waals surface area contributed by atoms with E-state index < -0.39 is 0 Å². The Morgan fingerprint density at radius 3 is 1.50 bits per heavy atom. The van der Waals surface area contributed by atoms with Gasteiger partial charge in [-0.05, 0) is 34.1 Å². The lowest BCUT2D eigenvalue weighted by atomic mass is 9.85. The van der Waals surface area contributed by atoms with Crippen LogP contribution < -0.4 is 10.6 Å². The average molecular weight is 142 g/mol. The molecule has 10 heavy (non-hydrogen) atoms. The van der Waals surface area contributed by atoms with E-state index in [2.05, 4.69) is 38.3 Å². The molecule has 1 aliphatic rings. The maximum atomic E-state index is 3.40. The van der Waals surface area contributed by atoms with Crippen molar-refractivity contribution >= 4 is 0 Å². The van der Waals surface area contributed by atoms with Crippen molar-refractivity contribution in [1.82, 2.24) is 10.6 Å². The molecule has 1 heterocycles. The molecule has 0 aromatic carbocycles. The predicted octanol–water partition coefficient (Wildman–Crippen LogP) is 1.08. The monoisotopic (exact) mass is 142 g/mol. The van der Waals surface area contributed by atoms with E-state index in [0.717, 1.165) is 6.67 Å². The lowest BCUT2D eigenvalue weighted by molar-refractivity contribution is 0.184. The molecule has 0 unspecified atom stereocenters. The quantitative estimate of drug-likeness (QED) is 0.529. The van der Waals surface area contributed by atoms with Gasteiger partial charge in [0.1, 0.15) is 0 Å². The largest absolute Gasteiger partial charge is 0.299 e. The molecule has 0 aromatic heterocycles. The van der Waals surface area contributed by atoms with Gasteiger partial charge in [0.15, 0.2) is 0 Å². The van der Waals surface area contributed by atoms with Crippen LogP contribution in [0.25, 0.3) is 0 Å². The lowest BCUT2D eigenvalue weighted by Crippen LogP contribution is -2.60. The molecule has 2 nitrogen and oxygen atoms in total. The highest BCUT2D eigenvalue weighted by Gasteiger charge is 2.31. The van der Waals surface area contributed by atoms with Crippen molar-refractivity contribution in [3.63, 3.8) is 0 Å². The molecule has 0 radical (unpaired) electrons. The number of hydrogen-bond acceptors (Lipinski definition) is 2. The molecule has 2 heteroatoms. The second-order valence-electron chi connectivity index (χ2n) is 4.47. The fourth-order valence-electron chi connectivity index (χ4n) is 1.75. The normalized spacial score (nSPS) is 30.0. The Balaban J connectivity index is 2.56. The average Bonchev–Trinajstić information content (AvgIpc) is 1.56. The Labute approximate surface area is 63.4 Å². The van der Waals surface area contributed by atoms with Gasteiger partial charge in [0.2, 0.25) is 0 Å². The van der Waals surface area contributed by atoms with E-state index >= 15 is 0 Å². The van der Waals surface area contributed by atoms with Crippen LogP contribution in [-0.4, -0.2) is 17.7 Å². The van der Waals surface area contributed by atoms with E-state index in [0.29, 0.717) is 11.1 Å². The summed E-state index contributed by atoms with van der Waals surface area (Å²) in [5, 5.41) is 6.81. The van der Waals surface area contributed by atoms with Gasteiger partial charge in [-0.25, -0.2) is 0 Å². The third-order valence-electron chi connectivity index (χ3n) is 2.02. The fraction of sp³-hybridized carbons (Fsp3) is 1.00. The minimum Gasteiger partial charge on any atom is -0.299 e. The molecule has 1 saturated heterocycles. The molecule has 0 spiro atoms. The van der Waals surface area contributed by atoms with Crippen molar-refractivity contribution in [3.8, 4) is 0 Å². The van der Waals surface area contributed by atoms with Crippen LogP contribution in [0.1, 0.15) is 34.1 Å². The van der Waals surface area contributed by atoms with Gasteiger partial charge >= 0.3 is 0 Å². The first-order valence-electron chi connectivity index (χ1n) is 3.91. The van der Waals surface area contributed by atoms with Crippen molar-refractivity contribution < 1.29 is 0 Å². The number of rotatable bonds is 0. The summed E-state index contributed by atoms with van der Waals surface area (Å²) in [7, 11) is 0. The molecular weight excluding hydrogens is 124 g/mol. The van der Waals surface area contributed by atoms with Crippen molar-refractivity contribution in [2.75, 3.05) is 6.67 Å². The molecule has 0 atom stereocenters. The van der Waals surface area contributed by atoms with Crippen LogP contribution in [0.15, 0.2) is 0 Å². The molecule has 1 aliphatic heterocycles. The smallest absolute Gasteiger partial charge is 0.0462 e. The molecule has 0 amide bonds. The van der Waals surface area contributed by atoms with Gasteiger partial charge in [0, 0.05) is 17.7 Å². The summed E-state index contributed by atoms with van der Waals surface area (Å²) >= 11 is 0. The van der Waals surface area contributed by atoms with E-state index in [4.69, 9.17) is 0 Å². The summed E-state index contributed by atoms with van der Waals surface area (Å²) in [6.07, 6.45) is 1.18. The van der Waals surface area contributed by atoms with Gasteiger partial charge in [-0.2, -0.15) is 0 Å². The Hall–Kier alpha value is -0.0800. The molecule has 0 bridgehead atoms. The van der Waals surface area contributed by atoms with Crippen LogP contribution in [0.2, 0.25) is 0 Å². The SMILES string of the molecule is CC1(C)CC(C)(C)NCN1. The Morgan fingerprint density at radius 2 is 1.30 bits per heavy atom. The summed E-state index contributed by atoms with van der Waals surface area (Å²) in [5.41, 5.74) is 0.601. The van der Waals surface area contributed by atoms with E-state index in [1.54, 1.807) is 0 Å². The Morgan fingerprint density at radius 1 is 0.900 bits per heavy atom. The minimum absolute atomic E-state index is 0.300. The highest BCUT2D eigenvalue weighted by molar-refractivity contribution is 4.93. The second kappa shape index (κ2) is 2.21. The van der Waals surface area contributed by atoms with Crippen molar-refractivity contribution in [1.29, 1.82) is 0 Å². The van der Waals surface area contributed by atoms with Crippen LogP contribution in [0.5, 0.6) is 0 Å². The lowest BCUT2D eigenvalue weighted by Gasteiger charge is -2.42. The van der Waals surface area contributed by atoms with Gasteiger partial charge in [-0.1, -0.05) is 0 Å². The molecule has 1 rings (SSSR count). The molecule has 2 N–H and O–H groups in total. The Kier molecular flexibility index (Phi) is 1.77. The van der Waals surface area contributed by atoms with Gasteiger partial charge in [-0.15, -0.1) is 0 Å². The van der Waals surface area contributed by atoms with E-state index in [9.17, 15) is 0 Å². The van der Waals surface area contributed by atoms with Gasteiger partial charge in [0.25, 0.3) is 0 Å². The van der Waals surface area contributed by atoms with E-state index in [1.807, 2.05) is 0 Å². The third kappa shape index (κ3) is 1.96. The van der Waals surface area contributed by atoms with Crippen LogP contribution in [0, 0.1) is 0 Å². The summed E-state index contributed by atoms with van der Waals surface area (Å²) in [4.78, 5) is 0.